The van der Waals surface area contributed by atoms with Gasteiger partial charge in [-0.1, -0.05) is 43.2 Å². The Balaban J connectivity index is 2.24. The Hall–Kier alpha value is -1.61. The van der Waals surface area contributed by atoms with Crippen LogP contribution in [0, 0.1) is 13.8 Å². The molecule has 1 heterocycles. The molecule has 0 saturated heterocycles. The van der Waals surface area contributed by atoms with Crippen LogP contribution in [-0.2, 0) is 13.0 Å². The lowest BCUT2D eigenvalue weighted by Gasteiger charge is -2.20. The number of likely N-dealkylation sites (N-methyl/N-ethyl adjacent to an activating group) is 1. The zero-order valence-corrected chi connectivity index (χ0v) is 13.7. The third kappa shape index (κ3) is 4.18. The van der Waals surface area contributed by atoms with Gasteiger partial charge in [-0.3, -0.25) is 0 Å². The predicted molar refractivity (Wildman–Crippen MR) is 88.6 cm³/mol. The Morgan fingerprint density at radius 1 is 1.14 bits per heavy atom. The molecule has 1 atom stereocenters. The highest BCUT2D eigenvalue weighted by atomic mass is 15.1. The lowest BCUT2D eigenvalue weighted by Crippen LogP contribution is -2.24. The first-order valence-corrected chi connectivity index (χ1v) is 7.95. The van der Waals surface area contributed by atoms with Crippen molar-refractivity contribution < 1.29 is 0 Å². The van der Waals surface area contributed by atoms with E-state index in [-0.39, 0.29) is 0 Å². The molecule has 0 bridgehead atoms. The van der Waals surface area contributed by atoms with Crippen LogP contribution in [0.4, 0.5) is 0 Å². The van der Waals surface area contributed by atoms with Crippen molar-refractivity contribution in [2.75, 3.05) is 6.54 Å². The van der Waals surface area contributed by atoms with Crippen LogP contribution in [0.15, 0.2) is 30.6 Å². The Kier molecular flexibility index (Phi) is 5.57. The molecular formula is C18H27N3. The Bertz CT molecular complexity index is 551. The van der Waals surface area contributed by atoms with Crippen molar-refractivity contribution >= 4 is 0 Å². The summed E-state index contributed by atoms with van der Waals surface area (Å²) in [4.78, 5) is 4.55. The maximum atomic E-state index is 4.55. The summed E-state index contributed by atoms with van der Waals surface area (Å²) in [6.45, 7) is 10.7. The van der Waals surface area contributed by atoms with Gasteiger partial charge in [0.1, 0.15) is 5.82 Å². The molecule has 2 rings (SSSR count). The van der Waals surface area contributed by atoms with Crippen LogP contribution in [0.25, 0.3) is 0 Å². The summed E-state index contributed by atoms with van der Waals surface area (Å²) < 4.78 is 2.27. The summed E-state index contributed by atoms with van der Waals surface area (Å²) in [7, 11) is 0. The summed E-state index contributed by atoms with van der Waals surface area (Å²) in [5.41, 5.74) is 4.01. The van der Waals surface area contributed by atoms with Gasteiger partial charge < -0.3 is 9.88 Å². The standard InChI is InChI=1S/C18H27N3/c1-5-8-21-9-7-20-18(21)13-17(19-6-2)16-11-14(3)10-15(4)12-16/h7,9-12,17,19H,5-6,8,13H2,1-4H3. The fourth-order valence-corrected chi connectivity index (χ4v) is 2.92. The van der Waals surface area contributed by atoms with E-state index >= 15 is 0 Å². The average Bonchev–Trinajstić information content (AvgIpc) is 2.85. The second kappa shape index (κ2) is 7.41. The molecule has 3 nitrogen and oxygen atoms in total. The van der Waals surface area contributed by atoms with Crippen LogP contribution in [0.2, 0.25) is 0 Å². The number of nitrogens with one attached hydrogen (secondary N) is 1. The van der Waals surface area contributed by atoms with Crippen LogP contribution in [-0.4, -0.2) is 16.1 Å². The highest BCUT2D eigenvalue weighted by Crippen LogP contribution is 2.21. The number of imidazole rings is 1. The minimum atomic E-state index is 0.326. The van der Waals surface area contributed by atoms with E-state index in [1.807, 2.05) is 6.20 Å². The van der Waals surface area contributed by atoms with Gasteiger partial charge in [0, 0.05) is 31.4 Å². The van der Waals surface area contributed by atoms with Crippen molar-refractivity contribution in [2.45, 2.75) is 53.1 Å². The number of benzene rings is 1. The maximum absolute atomic E-state index is 4.55. The van der Waals surface area contributed by atoms with Gasteiger partial charge in [-0.15, -0.1) is 0 Å². The molecule has 3 heteroatoms. The van der Waals surface area contributed by atoms with Crippen LogP contribution in [0.5, 0.6) is 0 Å². The topological polar surface area (TPSA) is 29.9 Å². The third-order valence-corrected chi connectivity index (χ3v) is 3.75. The Morgan fingerprint density at radius 3 is 2.48 bits per heavy atom. The molecule has 21 heavy (non-hydrogen) atoms. The van der Waals surface area contributed by atoms with Gasteiger partial charge in [0.25, 0.3) is 0 Å². The normalized spacial score (nSPS) is 12.6. The SMILES string of the molecule is CCCn1ccnc1CC(NCC)c1cc(C)cc(C)c1. The molecule has 114 valence electrons. The number of hydrogen-bond donors (Lipinski definition) is 1. The van der Waals surface area contributed by atoms with Crippen molar-refractivity contribution in [1.29, 1.82) is 0 Å². The average molecular weight is 285 g/mol. The van der Waals surface area contributed by atoms with E-state index in [9.17, 15) is 0 Å². The van der Waals surface area contributed by atoms with Crippen molar-refractivity contribution in [3.8, 4) is 0 Å². The predicted octanol–water partition coefficient (Wildman–Crippen LogP) is 3.80. The number of aromatic nitrogens is 2. The second-order valence-corrected chi connectivity index (χ2v) is 5.77. The fraction of sp³-hybridized carbons (Fsp3) is 0.500. The zero-order chi connectivity index (χ0) is 15.2. The maximum Gasteiger partial charge on any atom is 0.110 e. The van der Waals surface area contributed by atoms with Gasteiger partial charge >= 0.3 is 0 Å². The van der Waals surface area contributed by atoms with E-state index in [1.54, 1.807) is 0 Å². The largest absolute Gasteiger partial charge is 0.335 e. The first kappa shape index (κ1) is 15.8. The fourth-order valence-electron chi connectivity index (χ4n) is 2.92. The van der Waals surface area contributed by atoms with E-state index in [2.05, 4.69) is 67.0 Å². The summed E-state index contributed by atoms with van der Waals surface area (Å²) in [5.74, 6) is 1.17. The van der Waals surface area contributed by atoms with Crippen molar-refractivity contribution in [3.05, 3.63) is 53.1 Å². The molecule has 0 spiro atoms. The smallest absolute Gasteiger partial charge is 0.110 e. The first-order chi connectivity index (χ1) is 10.1. The molecule has 1 aromatic carbocycles. The molecule has 0 amide bonds. The molecule has 0 fully saturated rings. The van der Waals surface area contributed by atoms with Crippen LogP contribution in [0.1, 0.15) is 48.8 Å². The van der Waals surface area contributed by atoms with Crippen LogP contribution < -0.4 is 5.32 Å². The van der Waals surface area contributed by atoms with E-state index < -0.39 is 0 Å². The number of aryl methyl sites for hydroxylation is 3. The summed E-state index contributed by atoms with van der Waals surface area (Å²) in [6.07, 6.45) is 6.07. The van der Waals surface area contributed by atoms with Gasteiger partial charge in [0.15, 0.2) is 0 Å². The van der Waals surface area contributed by atoms with Gasteiger partial charge in [0.05, 0.1) is 0 Å². The highest BCUT2D eigenvalue weighted by Gasteiger charge is 2.15. The van der Waals surface area contributed by atoms with E-state index in [1.165, 1.54) is 22.5 Å². The quantitative estimate of drug-likeness (QED) is 0.838. The molecule has 0 aliphatic carbocycles. The summed E-state index contributed by atoms with van der Waals surface area (Å²) in [5, 5.41) is 3.61. The first-order valence-electron chi connectivity index (χ1n) is 7.95. The molecule has 1 N–H and O–H groups in total. The lowest BCUT2D eigenvalue weighted by atomic mass is 9.98. The number of hydrogen-bond acceptors (Lipinski definition) is 2. The minimum Gasteiger partial charge on any atom is -0.335 e. The number of nitrogens with zero attached hydrogens (tertiary/aromatic N) is 2. The van der Waals surface area contributed by atoms with Gasteiger partial charge in [-0.25, -0.2) is 4.98 Å². The minimum absolute atomic E-state index is 0.326. The molecule has 0 aliphatic rings. The molecule has 0 radical (unpaired) electrons. The Labute approximate surface area is 128 Å². The second-order valence-electron chi connectivity index (χ2n) is 5.77. The lowest BCUT2D eigenvalue weighted by molar-refractivity contribution is 0.516. The van der Waals surface area contributed by atoms with Gasteiger partial charge in [-0.05, 0) is 32.4 Å². The molecular weight excluding hydrogens is 258 g/mol. The van der Waals surface area contributed by atoms with Crippen LogP contribution in [0.3, 0.4) is 0 Å². The third-order valence-electron chi connectivity index (χ3n) is 3.75. The monoisotopic (exact) mass is 285 g/mol. The highest BCUT2D eigenvalue weighted by molar-refractivity contribution is 5.31. The summed E-state index contributed by atoms with van der Waals surface area (Å²) >= 11 is 0. The molecule has 0 aliphatic heterocycles. The number of rotatable bonds is 7. The summed E-state index contributed by atoms with van der Waals surface area (Å²) in [6, 6.07) is 7.12. The van der Waals surface area contributed by atoms with Crippen LogP contribution >= 0.6 is 0 Å². The van der Waals surface area contributed by atoms with E-state index in [0.29, 0.717) is 6.04 Å². The molecule has 1 unspecified atom stereocenters. The van der Waals surface area contributed by atoms with Crippen molar-refractivity contribution in [1.82, 2.24) is 14.9 Å². The van der Waals surface area contributed by atoms with E-state index in [4.69, 9.17) is 0 Å². The van der Waals surface area contributed by atoms with Gasteiger partial charge in [0.2, 0.25) is 0 Å². The van der Waals surface area contributed by atoms with Crippen molar-refractivity contribution in [3.63, 3.8) is 0 Å². The van der Waals surface area contributed by atoms with Crippen molar-refractivity contribution in [2.24, 2.45) is 0 Å². The molecule has 2 aromatic rings. The Morgan fingerprint density at radius 2 is 1.86 bits per heavy atom. The zero-order valence-electron chi connectivity index (χ0n) is 13.7. The van der Waals surface area contributed by atoms with Gasteiger partial charge in [-0.2, -0.15) is 0 Å². The van der Waals surface area contributed by atoms with E-state index in [0.717, 1.165) is 25.9 Å². The molecule has 1 aromatic heterocycles. The molecule has 0 saturated carbocycles.